The van der Waals surface area contributed by atoms with Gasteiger partial charge in [-0.25, -0.2) is 14.8 Å². The van der Waals surface area contributed by atoms with Gasteiger partial charge in [-0.1, -0.05) is 23.3 Å². The quantitative estimate of drug-likeness (QED) is 0.0406. The van der Waals surface area contributed by atoms with Gasteiger partial charge in [0.25, 0.3) is 33.7 Å². The third kappa shape index (κ3) is 10.1. The molecule has 19 nitrogen and oxygen atoms in total. The van der Waals surface area contributed by atoms with E-state index in [1.807, 2.05) is 43.6 Å². The van der Waals surface area contributed by atoms with Crippen molar-refractivity contribution in [1.29, 1.82) is 0 Å². The number of imide groups is 2. The number of hydrogen-bond acceptors (Lipinski definition) is 16. The van der Waals surface area contributed by atoms with Crippen molar-refractivity contribution in [3.8, 4) is 0 Å². The van der Waals surface area contributed by atoms with Crippen molar-refractivity contribution >= 4 is 74.8 Å². The largest absolute Gasteiger partial charge is 0.339 e. The topological polar surface area (TPSA) is 239 Å². The molecule has 312 valence electrons. The molecule has 4 amide bonds. The minimum atomic E-state index is -4.23. The van der Waals surface area contributed by atoms with E-state index in [4.69, 9.17) is 14.9 Å². The lowest BCUT2D eigenvalue weighted by Crippen LogP contribution is -2.33. The van der Waals surface area contributed by atoms with Crippen LogP contribution in [0.1, 0.15) is 84.6 Å². The van der Waals surface area contributed by atoms with Crippen LogP contribution in [0.3, 0.4) is 0 Å². The molecule has 4 aliphatic heterocycles. The van der Waals surface area contributed by atoms with E-state index < -0.39 is 62.3 Å². The van der Waals surface area contributed by atoms with Crippen molar-refractivity contribution < 1.29 is 70.6 Å². The van der Waals surface area contributed by atoms with E-state index in [2.05, 4.69) is 14.5 Å². The van der Waals surface area contributed by atoms with Crippen LogP contribution in [0.25, 0.3) is 0 Å². The maximum absolute atomic E-state index is 12.8. The second kappa shape index (κ2) is 18.2. The molecule has 5 rings (SSSR count). The number of hydrogen-bond donors (Lipinski definition) is 2. The van der Waals surface area contributed by atoms with E-state index in [1.165, 1.54) is 0 Å². The maximum Gasteiger partial charge on any atom is 0.339 e. The fourth-order valence-electron chi connectivity index (χ4n) is 7.04. The Morgan fingerprint density at radius 3 is 2.12 bits per heavy atom. The number of hydroxylamine groups is 4. The van der Waals surface area contributed by atoms with Gasteiger partial charge in [0, 0.05) is 65.1 Å². The zero-order chi connectivity index (χ0) is 42.4. The lowest BCUT2D eigenvalue weighted by molar-refractivity contribution is -0.437. The van der Waals surface area contributed by atoms with Gasteiger partial charge in [0.05, 0.1) is 36.2 Å². The number of nitrogens with zero attached hydrogens (tertiary/aromatic N) is 5. The van der Waals surface area contributed by atoms with Crippen LogP contribution in [-0.2, 0) is 63.3 Å². The van der Waals surface area contributed by atoms with E-state index in [1.54, 1.807) is 42.3 Å². The third-order valence-electron chi connectivity index (χ3n) is 10.2. The molecule has 0 aromatic heterocycles. The predicted molar refractivity (Wildman–Crippen MR) is 203 cm³/mol. The molecule has 4 heterocycles. The highest BCUT2D eigenvalue weighted by atomic mass is 32.2. The number of carbonyl (C=O) groups excluding carboxylic acids is 6. The summed E-state index contributed by atoms with van der Waals surface area (Å²) in [5.74, 6) is -4.43. The van der Waals surface area contributed by atoms with Gasteiger partial charge in [-0.15, -0.1) is 14.5 Å². The van der Waals surface area contributed by atoms with E-state index in [0.717, 1.165) is 29.0 Å². The van der Waals surface area contributed by atoms with Crippen LogP contribution in [0.5, 0.6) is 0 Å². The van der Waals surface area contributed by atoms with Gasteiger partial charge in [0.2, 0.25) is 5.69 Å². The zero-order valence-electron chi connectivity index (χ0n) is 32.2. The summed E-state index contributed by atoms with van der Waals surface area (Å²) in [7, 11) is -4.23. The van der Waals surface area contributed by atoms with Crippen molar-refractivity contribution in [2.24, 2.45) is 10.5 Å². The van der Waals surface area contributed by atoms with Gasteiger partial charge in [0.15, 0.2) is 12.3 Å². The molecule has 2 saturated heterocycles. The Bertz CT molecular complexity index is 2110. The van der Waals surface area contributed by atoms with E-state index in [0.29, 0.717) is 26.4 Å². The molecule has 0 bridgehead atoms. The van der Waals surface area contributed by atoms with Crippen LogP contribution in [-0.4, -0.2) is 104 Å². The van der Waals surface area contributed by atoms with Crippen LogP contribution >= 0.6 is 12.0 Å². The predicted octanol–water partition coefficient (Wildman–Crippen LogP) is 3.85. The number of fused-ring (bicyclic) bond motifs is 1. The molecule has 0 saturated carbocycles. The summed E-state index contributed by atoms with van der Waals surface area (Å²) in [6.07, 6.45) is 8.69. The zero-order valence-corrected chi connectivity index (χ0v) is 33.9. The van der Waals surface area contributed by atoms with Crippen molar-refractivity contribution in [3.05, 3.63) is 59.8 Å². The number of carbonyl (C=O) groups is 6. The Morgan fingerprint density at radius 1 is 0.931 bits per heavy atom. The molecule has 2 N–H and O–H groups in total. The van der Waals surface area contributed by atoms with Crippen LogP contribution in [0.4, 0.5) is 5.69 Å². The Balaban J connectivity index is 1.39. The Labute approximate surface area is 338 Å². The van der Waals surface area contributed by atoms with E-state index in [9.17, 15) is 41.7 Å². The third-order valence-corrected chi connectivity index (χ3v) is 11.6. The van der Waals surface area contributed by atoms with Gasteiger partial charge in [0.1, 0.15) is 6.42 Å². The van der Waals surface area contributed by atoms with Crippen LogP contribution in [0.15, 0.2) is 64.3 Å². The lowest BCUT2D eigenvalue weighted by atomic mass is 9.78. The first-order valence-corrected chi connectivity index (χ1v) is 20.6. The molecular formula is C37H44N5O14S2+. The smallest absolute Gasteiger partial charge is 0.330 e. The molecule has 0 radical (unpaired) electrons. The monoisotopic (exact) mass is 846 g/mol. The molecule has 1 atom stereocenters. The maximum atomic E-state index is 12.8. The highest BCUT2D eigenvalue weighted by molar-refractivity contribution is 7.94. The van der Waals surface area contributed by atoms with Crippen LogP contribution < -0.4 is 0 Å². The number of allylic oxidation sites excluding steroid dienone is 6. The van der Waals surface area contributed by atoms with Gasteiger partial charge < -0.3 is 9.68 Å². The van der Waals surface area contributed by atoms with Gasteiger partial charge in [-0.05, 0) is 58.7 Å². The molecule has 2 fully saturated rings. The molecule has 0 aliphatic carbocycles. The Hall–Kier alpha value is -5.06. The summed E-state index contributed by atoms with van der Waals surface area (Å²) >= 11 is 0.791. The highest BCUT2D eigenvalue weighted by Gasteiger charge is 2.45. The van der Waals surface area contributed by atoms with E-state index in [-0.39, 0.29) is 64.5 Å². The first kappa shape index (κ1) is 44.1. The first-order valence-electron chi connectivity index (χ1n) is 18.3. The van der Waals surface area contributed by atoms with Gasteiger partial charge in [-0.3, -0.25) is 28.7 Å². The minimum absolute atomic E-state index is 0.00733. The summed E-state index contributed by atoms with van der Waals surface area (Å²) < 4.78 is 39.0. The second-order valence-corrected chi connectivity index (χ2v) is 16.8. The summed E-state index contributed by atoms with van der Waals surface area (Å²) in [5, 5.41) is 19.6. The molecule has 1 aromatic rings. The SMILES string of the molecule is CC1=NN(CCC(=O)ON2C(=O)CCC2=O)\C(=C/C=C/C=C/C2=[N+](CCC(=O)ON3C(=O)CCC3=O)c3ccc(SOOO)cc3C2(C)C)C1(C)CCCS(=O)(=O)O. The molecule has 58 heavy (non-hydrogen) atoms. The Morgan fingerprint density at radius 2 is 1.53 bits per heavy atom. The van der Waals surface area contributed by atoms with Crippen molar-refractivity contribution in [3.63, 3.8) is 0 Å². The Kier molecular flexibility index (Phi) is 13.9. The number of hydrazone groups is 1. The normalized spacial score (nSPS) is 21.4. The fourth-order valence-corrected chi connectivity index (χ4v) is 7.95. The average Bonchev–Trinajstić information content (AvgIpc) is 3.80. The molecule has 4 aliphatic rings. The number of benzene rings is 1. The number of rotatable bonds is 18. The summed E-state index contributed by atoms with van der Waals surface area (Å²) in [5.41, 5.74) is 2.18. The first-order chi connectivity index (χ1) is 27.4. The standard InChI is InChI=1S/C37H43N5O14S2/c1-24-37(4,19-8-22-58(50,51)52)29(40(38-24)21-18-35(48)54-42-32(45)15-16-33(42)46)10-7-5-6-9-28-36(2,3)26-23-25(57-56-55-49)11-12-27(26)39(28)20-17-34(47)53-41-30(43)13-14-31(41)44/h5-7,9-12,23H,8,13-22H2,1-4H3,(H-,49,50,51,52)/p+1. The van der Waals surface area contributed by atoms with Crippen molar-refractivity contribution in [1.82, 2.24) is 15.1 Å². The van der Waals surface area contributed by atoms with E-state index >= 15 is 0 Å². The molecule has 21 heteroatoms. The minimum Gasteiger partial charge on any atom is -0.330 e. The summed E-state index contributed by atoms with van der Waals surface area (Å²) in [6.45, 7) is 7.71. The summed E-state index contributed by atoms with van der Waals surface area (Å²) in [4.78, 5) is 84.1. The van der Waals surface area contributed by atoms with Crippen molar-refractivity contribution in [2.45, 2.75) is 89.4 Å². The highest BCUT2D eigenvalue weighted by Crippen LogP contribution is 2.43. The molecule has 0 spiro atoms. The van der Waals surface area contributed by atoms with Crippen LogP contribution in [0, 0.1) is 5.41 Å². The lowest BCUT2D eigenvalue weighted by Gasteiger charge is -2.29. The van der Waals surface area contributed by atoms with Crippen LogP contribution in [0.2, 0.25) is 0 Å². The number of amides is 4. The second-order valence-electron chi connectivity index (χ2n) is 14.5. The van der Waals surface area contributed by atoms with Crippen molar-refractivity contribution in [2.75, 3.05) is 18.8 Å². The molecule has 1 aromatic carbocycles. The summed E-state index contributed by atoms with van der Waals surface area (Å²) in [6, 6.07) is 5.40. The average molecular weight is 847 g/mol. The van der Waals surface area contributed by atoms with Gasteiger partial charge >= 0.3 is 11.9 Å². The fraction of sp³-hybridized carbons (Fsp3) is 0.459. The molecular weight excluding hydrogens is 803 g/mol. The van der Waals surface area contributed by atoms with Gasteiger partial charge in [-0.2, -0.15) is 18.1 Å². The molecule has 1 unspecified atom stereocenters.